The zero-order valence-corrected chi connectivity index (χ0v) is 14.4. The number of carbonyl (C=O) groups excluding carboxylic acids is 1. The van der Waals surface area contributed by atoms with Gasteiger partial charge in [0.25, 0.3) is 0 Å². The van der Waals surface area contributed by atoms with E-state index in [2.05, 4.69) is 39.8 Å². The van der Waals surface area contributed by atoms with Gasteiger partial charge >= 0.3 is 0 Å². The van der Waals surface area contributed by atoms with Crippen LogP contribution in [0, 0.1) is 10.8 Å². The van der Waals surface area contributed by atoms with E-state index in [1.807, 2.05) is 20.8 Å². The van der Waals surface area contributed by atoms with Crippen LogP contribution in [-0.2, 0) is 9.53 Å². The molecule has 0 aromatic rings. The van der Waals surface area contributed by atoms with Gasteiger partial charge in [0.1, 0.15) is 5.78 Å². The summed E-state index contributed by atoms with van der Waals surface area (Å²) in [7, 11) is 0. The van der Waals surface area contributed by atoms with E-state index in [1.165, 1.54) is 0 Å². The quantitative estimate of drug-likeness (QED) is 0.671. The molecule has 0 spiro atoms. The molecular formula is C18H32O2. The summed E-state index contributed by atoms with van der Waals surface area (Å²) in [4.78, 5) is 12.7. The first-order chi connectivity index (χ1) is 8.94. The van der Waals surface area contributed by atoms with Gasteiger partial charge in [0, 0.05) is 10.8 Å². The lowest BCUT2D eigenvalue weighted by Gasteiger charge is -2.35. The molecule has 0 radical (unpaired) electrons. The standard InChI is InChI=1S/C18H32O2/c1-16(2,3)15(19)18(7)12-8-10-14(11-9-13-18)20-17(4,5)6/h8,10,14H,9,11-13H2,1-7H3/b10-8+. The van der Waals surface area contributed by atoms with Gasteiger partial charge < -0.3 is 4.74 Å². The predicted molar refractivity (Wildman–Crippen MR) is 84.8 cm³/mol. The first kappa shape index (κ1) is 17.4. The Hall–Kier alpha value is -0.630. The minimum Gasteiger partial charge on any atom is -0.369 e. The van der Waals surface area contributed by atoms with E-state index >= 15 is 0 Å². The maximum atomic E-state index is 12.7. The van der Waals surface area contributed by atoms with E-state index in [1.54, 1.807) is 0 Å². The number of allylic oxidation sites excluding steroid dienone is 1. The SMILES string of the molecule is CC(C)(C)OC1/C=C/CC(C)(C(=O)C(C)(C)C)CCC1. The van der Waals surface area contributed by atoms with Gasteiger partial charge in [-0.15, -0.1) is 0 Å². The molecule has 0 fully saturated rings. The van der Waals surface area contributed by atoms with Crippen LogP contribution < -0.4 is 0 Å². The number of Topliss-reactive ketones (excluding diaryl/α,β-unsaturated/α-hetero) is 1. The molecule has 0 N–H and O–H groups in total. The Morgan fingerprint density at radius 3 is 2.30 bits per heavy atom. The van der Waals surface area contributed by atoms with Crippen LogP contribution in [0.1, 0.15) is 74.1 Å². The van der Waals surface area contributed by atoms with Gasteiger partial charge in [0.05, 0.1) is 11.7 Å². The van der Waals surface area contributed by atoms with Gasteiger partial charge in [-0.25, -0.2) is 0 Å². The molecule has 116 valence electrons. The average Bonchev–Trinajstić information content (AvgIpc) is 2.21. The van der Waals surface area contributed by atoms with Gasteiger partial charge in [-0.3, -0.25) is 4.79 Å². The van der Waals surface area contributed by atoms with Crippen LogP contribution in [0.15, 0.2) is 12.2 Å². The fourth-order valence-electron chi connectivity index (χ4n) is 3.04. The van der Waals surface area contributed by atoms with Gasteiger partial charge in [0.15, 0.2) is 0 Å². The lowest BCUT2D eigenvalue weighted by molar-refractivity contribution is -0.136. The number of ketones is 1. The Balaban J connectivity index is 2.77. The van der Waals surface area contributed by atoms with Gasteiger partial charge in [-0.1, -0.05) is 39.8 Å². The monoisotopic (exact) mass is 280 g/mol. The molecule has 2 nitrogen and oxygen atoms in total. The molecule has 0 saturated heterocycles. The van der Waals surface area contributed by atoms with Crippen LogP contribution in [0.2, 0.25) is 0 Å². The maximum Gasteiger partial charge on any atom is 0.144 e. The number of rotatable bonds is 2. The second-order valence-corrected chi connectivity index (χ2v) is 8.43. The molecule has 0 aliphatic heterocycles. The van der Waals surface area contributed by atoms with Crippen molar-refractivity contribution in [2.75, 3.05) is 0 Å². The highest BCUT2D eigenvalue weighted by molar-refractivity contribution is 5.89. The molecule has 1 aliphatic carbocycles. The van der Waals surface area contributed by atoms with E-state index in [4.69, 9.17) is 4.74 Å². The fourth-order valence-corrected chi connectivity index (χ4v) is 3.04. The number of ether oxygens (including phenoxy) is 1. The summed E-state index contributed by atoms with van der Waals surface area (Å²) in [6.45, 7) is 14.5. The van der Waals surface area contributed by atoms with Gasteiger partial charge in [-0.05, 0) is 46.5 Å². The summed E-state index contributed by atoms with van der Waals surface area (Å²) < 4.78 is 6.04. The smallest absolute Gasteiger partial charge is 0.144 e. The van der Waals surface area contributed by atoms with Crippen LogP contribution in [0.5, 0.6) is 0 Å². The first-order valence-electron chi connectivity index (χ1n) is 7.83. The summed E-state index contributed by atoms with van der Waals surface area (Å²) in [6.07, 6.45) is 8.32. The normalized spacial score (nSPS) is 30.4. The fraction of sp³-hybridized carbons (Fsp3) is 0.833. The summed E-state index contributed by atoms with van der Waals surface area (Å²) in [6, 6.07) is 0. The third kappa shape index (κ3) is 5.05. The summed E-state index contributed by atoms with van der Waals surface area (Å²) in [5, 5.41) is 0. The van der Waals surface area contributed by atoms with Crippen molar-refractivity contribution >= 4 is 5.78 Å². The highest BCUT2D eigenvalue weighted by Crippen LogP contribution is 2.38. The molecular weight excluding hydrogens is 248 g/mol. The van der Waals surface area contributed by atoms with E-state index in [9.17, 15) is 4.79 Å². The second kappa shape index (κ2) is 6.01. The number of hydrogen-bond donors (Lipinski definition) is 0. The average molecular weight is 280 g/mol. The van der Waals surface area contributed by atoms with Crippen LogP contribution in [0.4, 0.5) is 0 Å². The molecule has 2 atom stereocenters. The van der Waals surface area contributed by atoms with Crippen LogP contribution in [-0.4, -0.2) is 17.5 Å². The Kier molecular flexibility index (Phi) is 5.23. The first-order valence-corrected chi connectivity index (χ1v) is 7.83. The van der Waals surface area contributed by atoms with Crippen molar-refractivity contribution in [1.82, 2.24) is 0 Å². The molecule has 2 unspecified atom stereocenters. The van der Waals surface area contributed by atoms with Crippen molar-refractivity contribution in [1.29, 1.82) is 0 Å². The van der Waals surface area contributed by atoms with E-state index in [-0.39, 0.29) is 22.5 Å². The second-order valence-electron chi connectivity index (χ2n) is 8.43. The van der Waals surface area contributed by atoms with Crippen LogP contribution >= 0.6 is 0 Å². The maximum absolute atomic E-state index is 12.7. The highest BCUT2D eigenvalue weighted by Gasteiger charge is 2.39. The molecule has 0 amide bonds. The molecule has 2 heteroatoms. The third-order valence-electron chi connectivity index (χ3n) is 3.87. The molecule has 0 bridgehead atoms. The minimum absolute atomic E-state index is 0.112. The van der Waals surface area contributed by atoms with Crippen molar-refractivity contribution in [2.24, 2.45) is 10.8 Å². The van der Waals surface area contributed by atoms with Crippen molar-refractivity contribution in [2.45, 2.75) is 85.9 Å². The largest absolute Gasteiger partial charge is 0.369 e. The van der Waals surface area contributed by atoms with E-state index < -0.39 is 0 Å². The molecule has 0 heterocycles. The zero-order valence-electron chi connectivity index (χ0n) is 14.4. The summed E-state index contributed by atoms with van der Waals surface area (Å²) in [5.74, 6) is 0.379. The van der Waals surface area contributed by atoms with Gasteiger partial charge in [-0.2, -0.15) is 0 Å². The zero-order chi connectivity index (χ0) is 15.6. The topological polar surface area (TPSA) is 26.3 Å². The van der Waals surface area contributed by atoms with Crippen molar-refractivity contribution < 1.29 is 9.53 Å². The molecule has 20 heavy (non-hydrogen) atoms. The van der Waals surface area contributed by atoms with Crippen molar-refractivity contribution in [3.05, 3.63) is 12.2 Å². The minimum atomic E-state index is -0.261. The van der Waals surface area contributed by atoms with E-state index in [0.29, 0.717) is 5.78 Å². The number of carbonyl (C=O) groups is 1. The molecule has 0 aromatic carbocycles. The summed E-state index contributed by atoms with van der Waals surface area (Å²) in [5.41, 5.74) is -0.594. The predicted octanol–water partition coefficient (Wildman–Crippen LogP) is 4.92. The highest BCUT2D eigenvalue weighted by atomic mass is 16.5. The Labute approximate surface area is 125 Å². The van der Waals surface area contributed by atoms with Gasteiger partial charge in [0.2, 0.25) is 0 Å². The Bertz CT molecular complexity index is 368. The van der Waals surface area contributed by atoms with E-state index in [0.717, 1.165) is 25.7 Å². The Morgan fingerprint density at radius 2 is 1.80 bits per heavy atom. The van der Waals surface area contributed by atoms with Crippen molar-refractivity contribution in [3.63, 3.8) is 0 Å². The molecule has 1 rings (SSSR count). The lowest BCUT2D eigenvalue weighted by atomic mass is 9.68. The van der Waals surface area contributed by atoms with Crippen LogP contribution in [0.25, 0.3) is 0 Å². The van der Waals surface area contributed by atoms with Crippen molar-refractivity contribution in [3.8, 4) is 0 Å². The molecule has 0 saturated carbocycles. The third-order valence-corrected chi connectivity index (χ3v) is 3.87. The van der Waals surface area contributed by atoms with Crippen LogP contribution in [0.3, 0.4) is 0 Å². The molecule has 0 aromatic heterocycles. The summed E-state index contributed by atoms with van der Waals surface area (Å²) >= 11 is 0. The lowest BCUT2D eigenvalue weighted by Crippen LogP contribution is -2.38. The number of hydrogen-bond acceptors (Lipinski definition) is 2. The molecule has 1 aliphatic rings. The Morgan fingerprint density at radius 1 is 1.20 bits per heavy atom.